The van der Waals surface area contributed by atoms with E-state index in [0.717, 1.165) is 24.2 Å². The van der Waals surface area contributed by atoms with E-state index in [1.165, 1.54) is 23.8 Å². The summed E-state index contributed by atoms with van der Waals surface area (Å²) in [4.78, 5) is 157. The molecule has 23 heteroatoms. The van der Waals surface area contributed by atoms with Crippen molar-refractivity contribution < 1.29 is 62.2 Å². The Morgan fingerprint density at radius 2 is 1.41 bits per heavy atom. The lowest BCUT2D eigenvalue weighted by Gasteiger charge is -2.41. The van der Waals surface area contributed by atoms with Crippen molar-refractivity contribution in [1.29, 1.82) is 0 Å². The zero-order valence-electron chi connectivity index (χ0n) is 60.8. The van der Waals surface area contributed by atoms with Gasteiger partial charge < -0.3 is 46.3 Å². The normalized spacial score (nSPS) is 18.1. The van der Waals surface area contributed by atoms with Gasteiger partial charge in [-0.3, -0.25) is 57.7 Å². The van der Waals surface area contributed by atoms with Gasteiger partial charge in [-0.25, -0.2) is 4.79 Å². The number of urea groups is 1. The van der Waals surface area contributed by atoms with Crippen molar-refractivity contribution in [1.82, 2.24) is 35.6 Å². The van der Waals surface area contributed by atoms with Crippen LogP contribution < -0.4 is 27.0 Å². The highest BCUT2D eigenvalue weighted by atomic mass is 32.2. The average Bonchev–Trinajstić information content (AvgIpc) is 1.79. The second kappa shape index (κ2) is 41.8. The first-order valence-electron chi connectivity index (χ1n) is 35.4. The number of nitrogens with zero attached hydrogens (tertiary/aromatic N) is 4. The van der Waals surface area contributed by atoms with Crippen LogP contribution in [0.5, 0.6) is 0 Å². The summed E-state index contributed by atoms with van der Waals surface area (Å²) in [6, 6.07) is 12.2. The lowest BCUT2D eigenvalue weighted by atomic mass is 9.83. The van der Waals surface area contributed by atoms with E-state index in [1.54, 1.807) is 55.1 Å². The van der Waals surface area contributed by atoms with Gasteiger partial charge in [-0.2, -0.15) is 0 Å². The summed E-state index contributed by atoms with van der Waals surface area (Å²) in [6.07, 6.45) is 4.95. The fourth-order valence-electron chi connectivity index (χ4n) is 13.7. The van der Waals surface area contributed by atoms with Crippen LogP contribution in [0.3, 0.4) is 0 Å². The molecule has 2 aromatic carbocycles. The molecule has 0 bridgehead atoms. The summed E-state index contributed by atoms with van der Waals surface area (Å²) >= 11 is 1.53. The Balaban J connectivity index is 1.43. The molecule has 0 saturated carbocycles. The first-order chi connectivity index (χ1) is 46.0. The van der Waals surface area contributed by atoms with Crippen LogP contribution in [0.1, 0.15) is 177 Å². The number of nitrogens with one attached hydrogen (secondary N) is 4. The van der Waals surface area contributed by atoms with Gasteiger partial charge >= 0.3 is 6.03 Å². The van der Waals surface area contributed by atoms with Gasteiger partial charge in [0.1, 0.15) is 0 Å². The van der Waals surface area contributed by atoms with Gasteiger partial charge in [-0.15, -0.1) is 11.8 Å². The summed E-state index contributed by atoms with van der Waals surface area (Å²) < 4.78 is 12.3. The molecule has 2 aromatic rings. The van der Waals surface area contributed by atoms with E-state index in [9.17, 15) is 52.7 Å². The number of hydrogen-bond acceptors (Lipinski definition) is 15. The number of thioether (sulfide) groups is 1. The summed E-state index contributed by atoms with van der Waals surface area (Å²) in [7, 11) is 8.56. The van der Waals surface area contributed by atoms with Gasteiger partial charge in [0.15, 0.2) is 17.3 Å². The number of benzene rings is 2. The number of likely N-dealkylation sites (tertiary alicyclic amines) is 2. The first-order valence-corrected chi connectivity index (χ1v) is 36.4. The smallest absolute Gasteiger partial charge is 0.312 e. The molecule has 2 aliphatic heterocycles. The van der Waals surface area contributed by atoms with Gasteiger partial charge in [0.2, 0.25) is 41.4 Å². The van der Waals surface area contributed by atoms with Crippen molar-refractivity contribution in [3.8, 4) is 0 Å². The number of ether oxygens (including phenoxy) is 2. The summed E-state index contributed by atoms with van der Waals surface area (Å²) in [5.74, 6) is -4.37. The maximum Gasteiger partial charge on any atom is 0.312 e. The monoisotopic (exact) mass is 1370 g/mol. The van der Waals surface area contributed by atoms with Crippen molar-refractivity contribution in [3.05, 3.63) is 65.7 Å². The molecule has 2 saturated heterocycles. The fourth-order valence-corrected chi connectivity index (χ4v) is 15.0. The van der Waals surface area contributed by atoms with Gasteiger partial charge in [-0.05, 0) is 118 Å². The number of methoxy groups -OCH3 is 2. The Labute approximate surface area is 582 Å². The predicted octanol–water partition coefficient (Wildman–Crippen LogP) is 8.59. The summed E-state index contributed by atoms with van der Waals surface area (Å²) in [5, 5.41) is 11.0. The predicted molar refractivity (Wildman–Crippen MR) is 380 cm³/mol. The molecule has 0 aliphatic carbocycles. The SMILES string of the molecule is CCCCSC1CC(=O)N(CCCCCC(=O)N[C@H](C(=O)C[C@@H](CCCNC(N)=O)C(=O)Nc2ccc(CC(=O)[C@H](Cc3ccccc3)NC(=O)[C@H](C)[C@@H](OC)[C@@H]3CCCN3C(=O)C[C@@H](OC)[C@H]([C@@H](C)CC)N(C)C(=O)[C@@H](CC(=O)[C@H](C(C)C)N(C)C)C(C)C)cc2)C(C)C)C1=O. The molecule has 22 nitrogen and oxygen atoms in total. The fraction of sp³-hybridized carbons (Fsp3) is 0.689. The number of likely N-dealkylation sites (N-methyl/N-ethyl adjacent to an activating group) is 2. The second-order valence-corrected chi connectivity index (χ2v) is 29.4. The third-order valence-electron chi connectivity index (χ3n) is 19.4. The van der Waals surface area contributed by atoms with Gasteiger partial charge in [0.05, 0.1) is 60.0 Å². The number of carbonyl (C=O) groups excluding carboxylic acids is 11. The Bertz CT molecular complexity index is 2890. The van der Waals surface area contributed by atoms with Crippen LogP contribution in [-0.2, 0) is 70.3 Å². The van der Waals surface area contributed by atoms with E-state index in [1.807, 2.05) is 105 Å². The van der Waals surface area contributed by atoms with Crippen LogP contribution in [0.4, 0.5) is 10.5 Å². The van der Waals surface area contributed by atoms with Crippen molar-refractivity contribution in [2.75, 3.05) is 66.1 Å². The maximum atomic E-state index is 14.7. The largest absolute Gasteiger partial charge is 0.379 e. The van der Waals surface area contributed by atoms with E-state index in [2.05, 4.69) is 28.2 Å². The van der Waals surface area contributed by atoms with E-state index < -0.39 is 72.0 Å². The molecule has 1 unspecified atom stereocenters. The summed E-state index contributed by atoms with van der Waals surface area (Å²) in [6.45, 7) is 20.3. The number of carbonyl (C=O) groups is 11. The van der Waals surface area contributed by atoms with Gasteiger partial charge in [0, 0.05) is 90.5 Å². The summed E-state index contributed by atoms with van der Waals surface area (Å²) in [5.41, 5.74) is 7.13. The van der Waals surface area contributed by atoms with E-state index >= 15 is 0 Å². The quantitative estimate of drug-likeness (QED) is 0.0306. The molecule has 542 valence electrons. The maximum absolute atomic E-state index is 14.7. The minimum atomic E-state index is -0.964. The molecule has 97 heavy (non-hydrogen) atoms. The van der Waals surface area contributed by atoms with Gasteiger partial charge in [0.25, 0.3) is 0 Å². The Morgan fingerprint density at radius 3 is 2.00 bits per heavy atom. The topological polar surface area (TPSA) is 293 Å². The molecular weight excluding hydrogens is 1250 g/mol. The molecular formula is C74H117N9O13S. The lowest BCUT2D eigenvalue weighted by Crippen LogP contribution is -2.55. The highest BCUT2D eigenvalue weighted by Gasteiger charge is 2.44. The Hall–Kier alpha value is -6.56. The first kappa shape index (κ1) is 82.9. The minimum absolute atomic E-state index is 0.00977. The number of Topliss-reactive ketones (excluding diaryl/α,β-unsaturated/α-hetero) is 3. The average molecular weight is 1370 g/mol. The standard InChI is InChI=1S/C74H117N9O13S/c1-16-18-39-97-62-45-65(89)83(73(62)93)37-24-20-23-31-63(87)79-66(47(5)6)59(85)42-53(29-25-36-76-74(75)94)71(91)77-54-34-32-52(33-35-54)41-58(84)56(40-51-27-21-19-22-28-51)78-70(90)50(10)69(96-15)57-30-26-38-82(57)64(88)44-61(95-14)68(49(9)17-2)81(13)72(92)55(46(3)4)43-60(86)67(48(7)8)80(11)12/h19,21-22,27-28,32-35,46-50,53,55-57,61-62,66-69H,16-18,20,23-26,29-31,36-45H2,1-15H3,(H,77,91)(H,78,90)(H,79,87)(H3,75,76,94)/t49-,50+,53+,55-,56-,57-,61+,62?,66-,67-,68-,69+/m0/s1. The number of amides is 9. The highest BCUT2D eigenvalue weighted by Crippen LogP contribution is 2.32. The molecule has 2 heterocycles. The zero-order chi connectivity index (χ0) is 72.2. The molecule has 6 N–H and O–H groups in total. The van der Waals surface area contributed by atoms with E-state index in [0.29, 0.717) is 69.3 Å². The third-order valence-corrected chi connectivity index (χ3v) is 20.7. The number of unbranched alkanes of at least 4 members (excludes halogenated alkanes) is 3. The number of imide groups is 1. The van der Waals surface area contributed by atoms with Crippen LogP contribution in [0.2, 0.25) is 0 Å². The molecule has 4 rings (SSSR count). The number of rotatable bonds is 45. The number of primary amides is 1. The number of nitrogens with two attached hydrogens (primary N) is 1. The number of anilines is 1. The Kier molecular flexibility index (Phi) is 35.7. The van der Waals surface area contributed by atoms with E-state index in [-0.39, 0.29) is 140 Å². The third kappa shape index (κ3) is 25.6. The van der Waals surface area contributed by atoms with Crippen LogP contribution in [0.25, 0.3) is 0 Å². The van der Waals surface area contributed by atoms with E-state index in [4.69, 9.17) is 15.2 Å². The molecule has 12 atom stereocenters. The molecule has 0 radical (unpaired) electrons. The van der Waals surface area contributed by atoms with Crippen LogP contribution in [0, 0.1) is 41.4 Å². The van der Waals surface area contributed by atoms with Crippen molar-refractivity contribution in [2.45, 2.75) is 226 Å². The molecule has 0 spiro atoms. The van der Waals surface area contributed by atoms with Crippen LogP contribution in [0.15, 0.2) is 54.6 Å². The van der Waals surface area contributed by atoms with Crippen molar-refractivity contribution >= 4 is 82.2 Å². The Morgan fingerprint density at radius 1 is 0.732 bits per heavy atom. The van der Waals surface area contributed by atoms with Crippen molar-refractivity contribution in [3.63, 3.8) is 0 Å². The molecule has 9 amide bonds. The van der Waals surface area contributed by atoms with Gasteiger partial charge in [-0.1, -0.05) is 131 Å². The lowest BCUT2D eigenvalue weighted by molar-refractivity contribution is -0.149. The highest BCUT2D eigenvalue weighted by molar-refractivity contribution is 8.00. The second-order valence-electron chi connectivity index (χ2n) is 28.0. The van der Waals surface area contributed by atoms with Crippen molar-refractivity contribution in [2.24, 2.45) is 47.2 Å². The molecule has 2 aliphatic rings. The minimum Gasteiger partial charge on any atom is -0.379 e. The van der Waals surface area contributed by atoms with Crippen LogP contribution >= 0.6 is 11.8 Å². The molecule has 0 aromatic heterocycles. The zero-order valence-corrected chi connectivity index (χ0v) is 61.6. The molecule has 2 fully saturated rings. The number of ketones is 3. The number of hydrogen-bond donors (Lipinski definition) is 5. The van der Waals surface area contributed by atoms with Crippen LogP contribution in [-0.4, -0.2) is 193 Å².